The van der Waals surface area contributed by atoms with E-state index < -0.39 is 0 Å². The number of phenols is 1. The largest absolute Gasteiger partial charge is 0.507 e. The van der Waals surface area contributed by atoms with Gasteiger partial charge < -0.3 is 10.0 Å². The second kappa shape index (κ2) is 5.56. The second-order valence-corrected chi connectivity index (χ2v) is 6.49. The van der Waals surface area contributed by atoms with Crippen LogP contribution < -0.4 is 10.8 Å². The van der Waals surface area contributed by atoms with Gasteiger partial charge in [0.15, 0.2) is 0 Å². The number of phenolic OH excluding ortho intramolecular Hbond substituents is 1. The number of nitrogens with one attached hydrogen (secondary N) is 1. The lowest BCUT2D eigenvalue weighted by Crippen LogP contribution is -2.17. The Hall–Kier alpha value is -2.93. The zero-order chi connectivity index (χ0) is 17.7. The molecule has 0 aliphatic carbocycles. The molecule has 4 aromatic rings. The average molecular weight is 337 g/mol. The van der Waals surface area contributed by atoms with E-state index >= 15 is 0 Å². The van der Waals surface area contributed by atoms with Crippen molar-refractivity contribution in [2.24, 2.45) is 12.0 Å². The molecule has 128 valence electrons. The number of hydrogen-bond acceptors (Lipinski definition) is 5. The predicted octanol–water partition coefficient (Wildman–Crippen LogP) is 1.17. The van der Waals surface area contributed by atoms with Crippen LogP contribution in [-0.2, 0) is 7.05 Å². The maximum absolute atomic E-state index is 12.4. The first-order chi connectivity index (χ1) is 12.0. The van der Waals surface area contributed by atoms with Crippen LogP contribution in [0.3, 0.4) is 0 Å². The number of aromatic nitrogens is 3. The fourth-order valence-electron chi connectivity index (χ4n) is 3.33. The summed E-state index contributed by atoms with van der Waals surface area (Å²) in [5.74, 6) is 0.0569. The Morgan fingerprint density at radius 2 is 2.04 bits per heavy atom. The van der Waals surface area contributed by atoms with Crippen LogP contribution >= 0.6 is 0 Å². The van der Waals surface area contributed by atoms with Crippen molar-refractivity contribution in [3.8, 4) is 5.75 Å². The van der Waals surface area contributed by atoms with Crippen molar-refractivity contribution >= 4 is 32.6 Å². The van der Waals surface area contributed by atoms with Crippen molar-refractivity contribution in [2.75, 3.05) is 27.2 Å². The Bertz CT molecular complexity index is 1220. The molecule has 2 heterocycles. The number of pyridine rings is 1. The number of aryl methyl sites for hydroxylation is 1. The average Bonchev–Trinajstić information content (AvgIpc) is 2.90. The molecule has 7 nitrogen and oxygen atoms in total. The third kappa shape index (κ3) is 2.27. The molecule has 0 saturated carbocycles. The van der Waals surface area contributed by atoms with Crippen molar-refractivity contribution in [1.82, 2.24) is 19.7 Å². The summed E-state index contributed by atoms with van der Waals surface area (Å²) in [5.41, 5.74) is 1.40. The van der Waals surface area contributed by atoms with Gasteiger partial charge in [0, 0.05) is 30.6 Å². The molecule has 0 saturated heterocycles. The van der Waals surface area contributed by atoms with Gasteiger partial charge in [-0.05, 0) is 26.2 Å². The molecular formula is C18H19N5O2. The first-order valence-electron chi connectivity index (χ1n) is 8.08. The molecule has 2 N–H and O–H groups in total. The lowest BCUT2D eigenvalue weighted by Gasteiger charge is -2.08. The van der Waals surface area contributed by atoms with E-state index in [0.717, 1.165) is 22.8 Å². The molecule has 4 rings (SSSR count). The number of hydrogen-bond donors (Lipinski definition) is 2. The monoisotopic (exact) mass is 337 g/mol. The van der Waals surface area contributed by atoms with Crippen LogP contribution in [0.5, 0.6) is 5.75 Å². The standard InChI is InChI=1S/C18H19N5O2/c1-22(2)7-6-20-11-4-5-12-16-15(11)18(25)10-8-19-9-13(24)14(10)17(16)21-23(12)3/h4-5,8-9,21,25H,6-7H2,1-3H3. The van der Waals surface area contributed by atoms with Crippen LogP contribution in [-0.4, -0.2) is 52.0 Å². The SMILES string of the molecule is CN(C)CCN=c1ccc2c3c1c(O)c1cncc(=O)c1c3[nH]n2C. The number of nitrogens with zero attached hydrogens (tertiary/aromatic N) is 4. The summed E-state index contributed by atoms with van der Waals surface area (Å²) in [6, 6.07) is 3.86. The third-order valence-corrected chi connectivity index (χ3v) is 4.53. The van der Waals surface area contributed by atoms with Gasteiger partial charge in [-0.3, -0.25) is 24.6 Å². The van der Waals surface area contributed by atoms with E-state index in [9.17, 15) is 9.90 Å². The first kappa shape index (κ1) is 15.6. The summed E-state index contributed by atoms with van der Waals surface area (Å²) in [5, 5.41) is 17.2. The van der Waals surface area contributed by atoms with Gasteiger partial charge in [-0.1, -0.05) is 0 Å². The summed E-state index contributed by atoms with van der Waals surface area (Å²) in [7, 11) is 5.87. The summed E-state index contributed by atoms with van der Waals surface area (Å²) in [4.78, 5) is 23.0. The highest BCUT2D eigenvalue weighted by Gasteiger charge is 2.19. The first-order valence-corrected chi connectivity index (χ1v) is 8.08. The topological polar surface area (TPSA) is 86.5 Å². The van der Waals surface area contributed by atoms with Gasteiger partial charge in [-0.25, -0.2) is 0 Å². The van der Waals surface area contributed by atoms with E-state index in [2.05, 4.69) is 20.0 Å². The van der Waals surface area contributed by atoms with Gasteiger partial charge in [-0.15, -0.1) is 0 Å². The lowest BCUT2D eigenvalue weighted by molar-refractivity contribution is 0.419. The molecule has 0 bridgehead atoms. The van der Waals surface area contributed by atoms with Crippen LogP contribution in [0.4, 0.5) is 0 Å². The number of fused-ring (bicyclic) bond motifs is 2. The van der Waals surface area contributed by atoms with Crippen molar-refractivity contribution in [1.29, 1.82) is 0 Å². The number of H-pyrrole nitrogens is 1. The molecule has 0 spiro atoms. The van der Waals surface area contributed by atoms with Gasteiger partial charge in [0.25, 0.3) is 0 Å². The fraction of sp³-hybridized carbons (Fsp3) is 0.278. The molecule has 0 atom stereocenters. The molecule has 0 unspecified atom stereocenters. The molecule has 0 amide bonds. The Morgan fingerprint density at radius 1 is 1.24 bits per heavy atom. The molecule has 0 fully saturated rings. The smallest absolute Gasteiger partial charge is 0.206 e. The summed E-state index contributed by atoms with van der Waals surface area (Å²) < 4.78 is 1.85. The fourth-order valence-corrected chi connectivity index (χ4v) is 3.33. The number of aromatic amines is 1. The molecular weight excluding hydrogens is 318 g/mol. The maximum Gasteiger partial charge on any atom is 0.206 e. The van der Waals surface area contributed by atoms with Gasteiger partial charge >= 0.3 is 0 Å². The minimum atomic E-state index is -0.214. The van der Waals surface area contributed by atoms with E-state index in [1.807, 2.05) is 38.0 Å². The highest BCUT2D eigenvalue weighted by molar-refractivity contribution is 6.22. The van der Waals surface area contributed by atoms with Crippen LogP contribution in [0.15, 0.2) is 34.3 Å². The van der Waals surface area contributed by atoms with E-state index in [4.69, 9.17) is 0 Å². The minimum absolute atomic E-state index is 0.0569. The Morgan fingerprint density at radius 3 is 2.80 bits per heavy atom. The van der Waals surface area contributed by atoms with Crippen LogP contribution in [0, 0.1) is 0 Å². The van der Waals surface area contributed by atoms with Crippen LogP contribution in [0.1, 0.15) is 0 Å². The van der Waals surface area contributed by atoms with Gasteiger partial charge in [0.1, 0.15) is 5.75 Å². The normalized spacial score (nSPS) is 13.0. The number of benzene rings is 2. The summed E-state index contributed by atoms with van der Waals surface area (Å²) in [6.45, 7) is 1.44. The lowest BCUT2D eigenvalue weighted by atomic mass is 10.0. The Labute approximate surface area is 143 Å². The molecule has 2 aromatic heterocycles. The van der Waals surface area contributed by atoms with E-state index in [0.29, 0.717) is 28.2 Å². The molecule has 7 heteroatoms. The molecule has 25 heavy (non-hydrogen) atoms. The predicted molar refractivity (Wildman–Crippen MR) is 98.2 cm³/mol. The van der Waals surface area contributed by atoms with Crippen molar-refractivity contribution < 1.29 is 5.11 Å². The van der Waals surface area contributed by atoms with Crippen LogP contribution in [0.25, 0.3) is 32.6 Å². The highest BCUT2D eigenvalue weighted by atomic mass is 16.3. The molecule has 0 radical (unpaired) electrons. The Balaban J connectivity index is 2.19. The van der Waals surface area contributed by atoms with Gasteiger partial charge in [0.05, 0.1) is 39.9 Å². The van der Waals surface area contributed by atoms with Crippen molar-refractivity contribution in [2.45, 2.75) is 0 Å². The van der Waals surface area contributed by atoms with Crippen LogP contribution in [0.2, 0.25) is 0 Å². The van der Waals surface area contributed by atoms with Crippen molar-refractivity contribution in [3.63, 3.8) is 0 Å². The second-order valence-electron chi connectivity index (χ2n) is 6.49. The van der Waals surface area contributed by atoms with Gasteiger partial charge in [0.2, 0.25) is 5.43 Å². The van der Waals surface area contributed by atoms with Crippen molar-refractivity contribution in [3.05, 3.63) is 40.1 Å². The molecule has 0 aliphatic rings. The number of aromatic hydroxyl groups is 1. The molecule has 0 aliphatic heterocycles. The van der Waals surface area contributed by atoms with E-state index in [1.54, 1.807) is 0 Å². The maximum atomic E-state index is 12.4. The molecule has 2 aromatic carbocycles. The van der Waals surface area contributed by atoms with Gasteiger partial charge in [-0.2, -0.15) is 0 Å². The summed E-state index contributed by atoms with van der Waals surface area (Å²) >= 11 is 0. The number of rotatable bonds is 3. The zero-order valence-electron chi connectivity index (χ0n) is 14.4. The third-order valence-electron chi connectivity index (χ3n) is 4.53. The van der Waals surface area contributed by atoms with E-state index in [1.165, 1.54) is 12.4 Å². The quantitative estimate of drug-likeness (QED) is 0.550. The zero-order valence-corrected chi connectivity index (χ0v) is 14.4. The summed E-state index contributed by atoms with van der Waals surface area (Å²) in [6.07, 6.45) is 2.80. The van der Waals surface area contributed by atoms with E-state index in [-0.39, 0.29) is 11.2 Å². The highest BCUT2D eigenvalue weighted by Crippen LogP contribution is 2.36. The Kier molecular flexibility index (Phi) is 3.47. The number of likely N-dealkylation sites (N-methyl/N-ethyl adjacent to an activating group) is 1. The minimum Gasteiger partial charge on any atom is -0.507 e.